The predicted octanol–water partition coefficient (Wildman–Crippen LogP) is 1.25. The highest BCUT2D eigenvalue weighted by Gasteiger charge is 2.27. The van der Waals surface area contributed by atoms with E-state index in [1.807, 2.05) is 0 Å². The van der Waals surface area contributed by atoms with Crippen LogP contribution in [0.1, 0.15) is 47.7 Å². The van der Waals surface area contributed by atoms with E-state index in [4.69, 9.17) is 4.52 Å². The van der Waals surface area contributed by atoms with Gasteiger partial charge in [-0.05, 0) is 13.3 Å². The Bertz CT molecular complexity index is 341. The Kier molecular flexibility index (Phi) is 1.92. The molecule has 1 aliphatic carbocycles. The van der Waals surface area contributed by atoms with Crippen LogP contribution in [0.2, 0.25) is 0 Å². The van der Waals surface area contributed by atoms with Gasteiger partial charge < -0.3 is 9.63 Å². The van der Waals surface area contributed by atoms with E-state index in [-0.39, 0.29) is 5.78 Å². The van der Waals surface area contributed by atoms with Crippen LogP contribution in [0.15, 0.2) is 4.52 Å². The minimum absolute atomic E-state index is 0.0402. The van der Waals surface area contributed by atoms with Gasteiger partial charge in [0, 0.05) is 12.8 Å². The van der Waals surface area contributed by atoms with E-state index in [0.717, 1.165) is 12.8 Å². The van der Waals surface area contributed by atoms with Gasteiger partial charge in [-0.3, -0.25) is 4.79 Å². The summed E-state index contributed by atoms with van der Waals surface area (Å²) >= 11 is 0. The van der Waals surface area contributed by atoms with Gasteiger partial charge in [-0.1, -0.05) is 5.16 Å². The van der Waals surface area contributed by atoms with E-state index in [2.05, 4.69) is 5.16 Å². The Morgan fingerprint density at radius 3 is 3.00 bits per heavy atom. The van der Waals surface area contributed by atoms with E-state index in [1.54, 1.807) is 6.92 Å². The van der Waals surface area contributed by atoms with Crippen LogP contribution in [-0.4, -0.2) is 16.0 Å². The second kappa shape index (κ2) is 2.96. The third-order valence-corrected chi connectivity index (χ3v) is 2.27. The molecule has 0 aromatic carbocycles. The third kappa shape index (κ3) is 1.27. The number of hydrogen-bond acceptors (Lipinski definition) is 4. The smallest absolute Gasteiger partial charge is 0.168 e. The molecule has 2 rings (SSSR count). The lowest BCUT2D eigenvalue weighted by molar-refractivity contribution is 0.0964. The topological polar surface area (TPSA) is 63.3 Å². The molecule has 13 heavy (non-hydrogen) atoms. The summed E-state index contributed by atoms with van der Waals surface area (Å²) in [5.41, 5.74) is 0.904. The molecule has 0 fully saturated rings. The second-order valence-electron chi connectivity index (χ2n) is 3.32. The summed E-state index contributed by atoms with van der Waals surface area (Å²) in [5.74, 6) is 0.672. The maximum absolute atomic E-state index is 11.5. The van der Waals surface area contributed by atoms with Gasteiger partial charge in [0.2, 0.25) is 0 Å². The zero-order valence-corrected chi connectivity index (χ0v) is 7.41. The minimum atomic E-state index is -0.727. The third-order valence-electron chi connectivity index (χ3n) is 2.27. The average Bonchev–Trinajstić information content (AvgIpc) is 2.49. The summed E-state index contributed by atoms with van der Waals surface area (Å²) in [5, 5.41) is 13.0. The van der Waals surface area contributed by atoms with Crippen molar-refractivity contribution in [3.8, 4) is 0 Å². The fraction of sp³-hybridized carbons (Fsp3) is 0.556. The highest BCUT2D eigenvalue weighted by molar-refractivity contribution is 5.98. The maximum Gasteiger partial charge on any atom is 0.168 e. The molecule has 1 aromatic rings. The maximum atomic E-state index is 11.5. The molecule has 1 heterocycles. The number of hydrogen-bond donors (Lipinski definition) is 1. The number of nitrogens with zero attached hydrogens (tertiary/aromatic N) is 1. The summed E-state index contributed by atoms with van der Waals surface area (Å²) < 4.78 is 4.99. The van der Waals surface area contributed by atoms with Crippen LogP contribution >= 0.6 is 0 Å². The number of rotatable bonds is 1. The number of aliphatic hydroxyl groups is 1. The van der Waals surface area contributed by atoms with Crippen molar-refractivity contribution in [2.24, 2.45) is 0 Å². The number of carbonyl (C=O) groups is 1. The fourth-order valence-corrected chi connectivity index (χ4v) is 1.63. The Labute approximate surface area is 75.5 Å². The van der Waals surface area contributed by atoms with Crippen molar-refractivity contribution >= 4 is 5.78 Å². The molecule has 0 unspecified atom stereocenters. The van der Waals surface area contributed by atoms with E-state index in [0.29, 0.717) is 23.4 Å². The molecular weight excluding hydrogens is 170 g/mol. The fourth-order valence-electron chi connectivity index (χ4n) is 1.63. The number of carbonyl (C=O) groups excluding carboxylic acids is 1. The first-order chi connectivity index (χ1) is 6.20. The number of aliphatic hydroxyl groups excluding tert-OH is 1. The lowest BCUT2D eigenvalue weighted by Crippen LogP contribution is -2.11. The van der Waals surface area contributed by atoms with E-state index in [1.165, 1.54) is 0 Å². The lowest BCUT2D eigenvalue weighted by atomic mass is 9.94. The lowest BCUT2D eigenvalue weighted by Gasteiger charge is -2.08. The molecule has 4 heteroatoms. The molecule has 0 spiro atoms. The van der Waals surface area contributed by atoms with Gasteiger partial charge in [0.05, 0.1) is 11.7 Å². The van der Waals surface area contributed by atoms with Crippen molar-refractivity contribution in [1.29, 1.82) is 0 Å². The van der Waals surface area contributed by atoms with Crippen LogP contribution < -0.4 is 0 Å². The Hall–Kier alpha value is -1.16. The van der Waals surface area contributed by atoms with Gasteiger partial charge in [-0.25, -0.2) is 0 Å². The highest BCUT2D eigenvalue weighted by Crippen LogP contribution is 2.27. The van der Waals surface area contributed by atoms with E-state index in [9.17, 15) is 9.90 Å². The average molecular weight is 181 g/mol. The van der Waals surface area contributed by atoms with Crippen LogP contribution in [0.4, 0.5) is 0 Å². The molecule has 70 valence electrons. The van der Waals surface area contributed by atoms with Crippen molar-refractivity contribution < 1.29 is 14.4 Å². The molecule has 0 radical (unpaired) electrons. The first-order valence-electron chi connectivity index (χ1n) is 4.40. The summed E-state index contributed by atoms with van der Waals surface area (Å²) in [6.07, 6.45) is 1.38. The van der Waals surface area contributed by atoms with Gasteiger partial charge in [0.15, 0.2) is 5.78 Å². The zero-order chi connectivity index (χ0) is 9.42. The summed E-state index contributed by atoms with van der Waals surface area (Å²) in [4.78, 5) is 11.5. The van der Waals surface area contributed by atoms with Crippen molar-refractivity contribution in [3.63, 3.8) is 0 Å². The quantitative estimate of drug-likeness (QED) is 0.708. The number of aryl methyl sites for hydroxylation is 1. The van der Waals surface area contributed by atoms with Crippen LogP contribution in [-0.2, 0) is 6.42 Å². The molecule has 1 atom stereocenters. The van der Waals surface area contributed by atoms with Gasteiger partial charge in [-0.15, -0.1) is 0 Å². The van der Waals surface area contributed by atoms with Gasteiger partial charge >= 0.3 is 0 Å². The van der Waals surface area contributed by atoms with Crippen molar-refractivity contribution in [1.82, 2.24) is 5.16 Å². The monoisotopic (exact) mass is 181 g/mol. The van der Waals surface area contributed by atoms with Crippen LogP contribution in [0.5, 0.6) is 0 Å². The number of ketones is 1. The molecule has 1 N–H and O–H groups in total. The van der Waals surface area contributed by atoms with Crippen molar-refractivity contribution in [2.45, 2.75) is 32.3 Å². The van der Waals surface area contributed by atoms with E-state index >= 15 is 0 Å². The molecule has 0 bridgehead atoms. The zero-order valence-electron chi connectivity index (χ0n) is 7.41. The number of Topliss-reactive ketones (excluding diaryl/α,β-unsaturated/α-hetero) is 1. The first kappa shape index (κ1) is 8.44. The van der Waals surface area contributed by atoms with Crippen LogP contribution in [0.25, 0.3) is 0 Å². The summed E-state index contributed by atoms with van der Waals surface area (Å²) in [7, 11) is 0. The molecule has 1 aromatic heterocycles. The predicted molar refractivity (Wildman–Crippen MR) is 44.4 cm³/mol. The Morgan fingerprint density at radius 1 is 1.54 bits per heavy atom. The minimum Gasteiger partial charge on any atom is -0.387 e. The largest absolute Gasteiger partial charge is 0.387 e. The van der Waals surface area contributed by atoms with Crippen LogP contribution in [0.3, 0.4) is 0 Å². The molecule has 0 saturated carbocycles. The number of aromatic nitrogens is 1. The normalized spacial score (nSPS) is 18.5. The second-order valence-corrected chi connectivity index (χ2v) is 3.32. The van der Waals surface area contributed by atoms with Gasteiger partial charge in [0.25, 0.3) is 0 Å². The van der Waals surface area contributed by atoms with Gasteiger partial charge in [-0.2, -0.15) is 0 Å². The molecule has 0 amide bonds. The SMILES string of the molecule is C[C@H](O)c1noc2c1C(=O)CCC2. The molecule has 1 aliphatic rings. The molecule has 0 saturated heterocycles. The van der Waals surface area contributed by atoms with E-state index < -0.39 is 6.10 Å². The molecule has 0 aliphatic heterocycles. The van der Waals surface area contributed by atoms with Crippen molar-refractivity contribution in [3.05, 3.63) is 17.0 Å². The summed E-state index contributed by atoms with van der Waals surface area (Å²) in [6, 6.07) is 0. The highest BCUT2D eigenvalue weighted by atomic mass is 16.5. The number of fused-ring (bicyclic) bond motifs is 1. The Morgan fingerprint density at radius 2 is 2.31 bits per heavy atom. The standard InChI is InChI=1S/C9H11NO3/c1-5(11)9-8-6(12)3-2-4-7(8)13-10-9/h5,11H,2-4H2,1H3/t5-/m0/s1. The van der Waals surface area contributed by atoms with Crippen LogP contribution in [0, 0.1) is 0 Å². The Balaban J connectivity index is 2.50. The van der Waals surface area contributed by atoms with Gasteiger partial charge in [0.1, 0.15) is 11.5 Å². The summed E-state index contributed by atoms with van der Waals surface area (Å²) in [6.45, 7) is 1.58. The first-order valence-corrected chi connectivity index (χ1v) is 4.40. The van der Waals surface area contributed by atoms with Crippen molar-refractivity contribution in [2.75, 3.05) is 0 Å². The molecule has 4 nitrogen and oxygen atoms in total. The molecular formula is C9H11NO3.